The highest BCUT2D eigenvalue weighted by atomic mass is 79.9. The lowest BCUT2D eigenvalue weighted by molar-refractivity contribution is -0.125. The number of benzene rings is 2. The van der Waals surface area contributed by atoms with E-state index >= 15 is 0 Å². The molecule has 2 amide bonds. The van der Waals surface area contributed by atoms with E-state index in [1.807, 2.05) is 43.3 Å². The van der Waals surface area contributed by atoms with E-state index in [0.717, 1.165) is 21.8 Å². The van der Waals surface area contributed by atoms with Gasteiger partial charge in [0, 0.05) is 12.6 Å². The molecule has 0 bridgehead atoms. The van der Waals surface area contributed by atoms with Gasteiger partial charge in [0.05, 0.1) is 8.95 Å². The van der Waals surface area contributed by atoms with Crippen molar-refractivity contribution < 1.29 is 19.1 Å². The SMILES string of the molecule is CCC(C)c1ccc(OCC(=O)NCC(C)NC(=O)COc2ccc(C(C)CC)cc2Br)c(Br)c1. The Bertz CT molecular complexity index is 999. The maximum atomic E-state index is 12.3. The van der Waals surface area contributed by atoms with Gasteiger partial charge in [0.15, 0.2) is 13.2 Å². The van der Waals surface area contributed by atoms with Gasteiger partial charge in [-0.15, -0.1) is 0 Å². The van der Waals surface area contributed by atoms with Gasteiger partial charge in [-0.05, 0) is 98.9 Å². The molecule has 2 aromatic carbocycles. The van der Waals surface area contributed by atoms with Gasteiger partial charge in [-0.25, -0.2) is 0 Å². The zero-order valence-corrected chi connectivity index (χ0v) is 24.3. The molecule has 2 rings (SSSR count). The number of carbonyl (C=O) groups excluding carboxylic acids is 2. The topological polar surface area (TPSA) is 76.7 Å². The molecule has 2 N–H and O–H groups in total. The van der Waals surface area contributed by atoms with Gasteiger partial charge in [0.1, 0.15) is 11.5 Å². The molecule has 0 aliphatic carbocycles. The summed E-state index contributed by atoms with van der Waals surface area (Å²) in [5, 5.41) is 5.61. The lowest BCUT2D eigenvalue weighted by Crippen LogP contribution is -2.44. The third-order valence-electron chi connectivity index (χ3n) is 6.01. The Morgan fingerprint density at radius 3 is 1.69 bits per heavy atom. The second kappa shape index (κ2) is 14.5. The Labute approximate surface area is 225 Å². The van der Waals surface area contributed by atoms with Crippen molar-refractivity contribution >= 4 is 43.7 Å². The Kier molecular flexibility index (Phi) is 12.1. The van der Waals surface area contributed by atoms with Crippen molar-refractivity contribution in [1.82, 2.24) is 10.6 Å². The molecule has 6 nitrogen and oxygen atoms in total. The molecule has 192 valence electrons. The standard InChI is InChI=1S/C27H36Br2N2O4/c1-6-17(3)20-8-10-24(22(28)12-20)34-15-26(32)30-14-19(5)31-27(33)16-35-25-11-9-21(13-23(25)29)18(4)7-2/h8-13,17-19H,6-7,14-16H2,1-5H3,(H,30,32)(H,31,33). The van der Waals surface area contributed by atoms with Crippen molar-refractivity contribution in [2.75, 3.05) is 19.8 Å². The quantitative estimate of drug-likeness (QED) is 0.278. The number of rotatable bonds is 13. The summed E-state index contributed by atoms with van der Waals surface area (Å²) in [5.74, 6) is 1.64. The minimum Gasteiger partial charge on any atom is -0.483 e. The summed E-state index contributed by atoms with van der Waals surface area (Å²) >= 11 is 7.03. The highest BCUT2D eigenvalue weighted by Gasteiger charge is 2.13. The first-order valence-electron chi connectivity index (χ1n) is 12.0. The number of hydrogen-bond donors (Lipinski definition) is 2. The molecule has 0 radical (unpaired) electrons. The van der Waals surface area contributed by atoms with E-state index in [1.165, 1.54) is 11.1 Å². The van der Waals surface area contributed by atoms with E-state index in [2.05, 4.69) is 70.2 Å². The highest BCUT2D eigenvalue weighted by Crippen LogP contribution is 2.31. The molecule has 0 aromatic heterocycles. The molecule has 3 atom stereocenters. The second-order valence-electron chi connectivity index (χ2n) is 8.85. The molecular formula is C27H36Br2N2O4. The molecule has 0 saturated carbocycles. The van der Waals surface area contributed by atoms with Crippen LogP contribution < -0.4 is 20.1 Å². The average Bonchev–Trinajstić information content (AvgIpc) is 2.84. The summed E-state index contributed by atoms with van der Waals surface area (Å²) in [5.41, 5.74) is 2.44. The van der Waals surface area contributed by atoms with Crippen LogP contribution in [0.3, 0.4) is 0 Å². The first-order chi connectivity index (χ1) is 16.6. The van der Waals surface area contributed by atoms with Crippen LogP contribution >= 0.6 is 31.9 Å². The van der Waals surface area contributed by atoms with Crippen molar-refractivity contribution in [2.45, 2.75) is 65.3 Å². The van der Waals surface area contributed by atoms with Gasteiger partial charge in [0.2, 0.25) is 0 Å². The molecule has 35 heavy (non-hydrogen) atoms. The highest BCUT2D eigenvalue weighted by molar-refractivity contribution is 9.10. The molecule has 0 spiro atoms. The molecule has 0 saturated heterocycles. The average molecular weight is 612 g/mol. The molecule has 0 aliphatic rings. The van der Waals surface area contributed by atoms with Crippen LogP contribution in [0.15, 0.2) is 45.3 Å². The first-order valence-corrected chi connectivity index (χ1v) is 13.6. The predicted molar refractivity (Wildman–Crippen MR) is 147 cm³/mol. The fourth-order valence-corrected chi connectivity index (χ4v) is 4.35. The summed E-state index contributed by atoms with van der Waals surface area (Å²) < 4.78 is 12.9. The normalized spacial score (nSPS) is 13.5. The number of ether oxygens (including phenoxy) is 2. The third-order valence-corrected chi connectivity index (χ3v) is 7.24. The molecule has 0 heterocycles. The smallest absolute Gasteiger partial charge is 0.258 e. The van der Waals surface area contributed by atoms with E-state index in [4.69, 9.17) is 9.47 Å². The van der Waals surface area contributed by atoms with E-state index in [1.54, 1.807) is 0 Å². The van der Waals surface area contributed by atoms with Crippen molar-refractivity contribution in [3.05, 3.63) is 56.5 Å². The molecule has 0 aliphatic heterocycles. The van der Waals surface area contributed by atoms with Crippen LogP contribution in [0.1, 0.15) is 70.4 Å². The Morgan fingerprint density at radius 1 is 0.800 bits per heavy atom. The maximum absolute atomic E-state index is 12.3. The van der Waals surface area contributed by atoms with Gasteiger partial charge < -0.3 is 20.1 Å². The van der Waals surface area contributed by atoms with Crippen LogP contribution in [-0.2, 0) is 9.59 Å². The number of nitrogens with one attached hydrogen (secondary N) is 2. The zero-order valence-electron chi connectivity index (χ0n) is 21.1. The molecule has 8 heteroatoms. The fraction of sp³-hybridized carbons (Fsp3) is 0.481. The predicted octanol–water partition coefficient (Wildman–Crippen LogP) is 6.32. The Morgan fingerprint density at radius 2 is 1.26 bits per heavy atom. The number of amides is 2. The van der Waals surface area contributed by atoms with Crippen molar-refractivity contribution in [3.8, 4) is 11.5 Å². The molecular weight excluding hydrogens is 576 g/mol. The van der Waals surface area contributed by atoms with Gasteiger partial charge >= 0.3 is 0 Å². The lowest BCUT2D eigenvalue weighted by Gasteiger charge is -2.16. The van der Waals surface area contributed by atoms with Crippen LogP contribution in [0.25, 0.3) is 0 Å². The monoisotopic (exact) mass is 610 g/mol. The van der Waals surface area contributed by atoms with Crippen LogP contribution in [0, 0.1) is 0 Å². The van der Waals surface area contributed by atoms with Crippen LogP contribution in [-0.4, -0.2) is 37.6 Å². The fourth-order valence-electron chi connectivity index (χ4n) is 3.32. The van der Waals surface area contributed by atoms with Crippen LogP contribution in [0.4, 0.5) is 0 Å². The number of hydrogen-bond acceptors (Lipinski definition) is 4. The van der Waals surface area contributed by atoms with E-state index in [0.29, 0.717) is 23.3 Å². The lowest BCUT2D eigenvalue weighted by atomic mass is 9.99. The maximum Gasteiger partial charge on any atom is 0.258 e. The van der Waals surface area contributed by atoms with E-state index in [9.17, 15) is 9.59 Å². The van der Waals surface area contributed by atoms with Crippen LogP contribution in [0.2, 0.25) is 0 Å². The van der Waals surface area contributed by atoms with E-state index < -0.39 is 0 Å². The zero-order chi connectivity index (χ0) is 26.0. The number of carbonyl (C=O) groups is 2. The van der Waals surface area contributed by atoms with Gasteiger partial charge in [-0.3, -0.25) is 9.59 Å². The van der Waals surface area contributed by atoms with Gasteiger partial charge in [0.25, 0.3) is 11.8 Å². The van der Waals surface area contributed by atoms with Crippen molar-refractivity contribution in [1.29, 1.82) is 0 Å². The molecule has 2 aromatic rings. The minimum absolute atomic E-state index is 0.105. The van der Waals surface area contributed by atoms with E-state index in [-0.39, 0.29) is 37.6 Å². The molecule has 0 fully saturated rings. The van der Waals surface area contributed by atoms with Gasteiger partial charge in [-0.2, -0.15) is 0 Å². The summed E-state index contributed by atoms with van der Waals surface area (Å²) in [6, 6.07) is 11.6. The largest absolute Gasteiger partial charge is 0.483 e. The first kappa shape index (κ1) is 29.2. The minimum atomic E-state index is -0.259. The summed E-state index contributed by atoms with van der Waals surface area (Å²) in [6.45, 7) is 10.5. The Balaban J connectivity index is 1.72. The van der Waals surface area contributed by atoms with Gasteiger partial charge in [-0.1, -0.05) is 39.8 Å². The number of halogens is 2. The summed E-state index contributed by atoms with van der Waals surface area (Å²) in [4.78, 5) is 24.4. The van der Waals surface area contributed by atoms with Crippen molar-refractivity contribution in [2.24, 2.45) is 0 Å². The van der Waals surface area contributed by atoms with Crippen molar-refractivity contribution in [3.63, 3.8) is 0 Å². The second-order valence-corrected chi connectivity index (χ2v) is 10.6. The molecule has 3 unspecified atom stereocenters. The summed E-state index contributed by atoms with van der Waals surface area (Å²) in [6.07, 6.45) is 2.11. The van der Waals surface area contributed by atoms with Crippen LogP contribution in [0.5, 0.6) is 11.5 Å². The Hall–Kier alpha value is -2.06. The summed E-state index contributed by atoms with van der Waals surface area (Å²) in [7, 11) is 0. The third kappa shape index (κ3) is 9.49.